The summed E-state index contributed by atoms with van der Waals surface area (Å²) in [7, 11) is 0. The standard InChI is InChI=1S/C25H34O4/c1-15(28-16(2)26)21-8-9-22-20-7-6-18-14-19(29-17(3)27)10-12-24(18,4)23(20)11-13-25(21,22)5/h6,8,19-20,22-23H,1,7,9-14H2,2-5H3/t19?,20-,22-,23-,24-,25+/m0/s1. The van der Waals surface area contributed by atoms with Crippen LogP contribution in [0.25, 0.3) is 0 Å². The SMILES string of the molecule is C=C(OC(C)=O)C1=CC[C@H]2[C@@H]3CC=C4CC(OC(C)=O)CC[C@]4(C)[C@H]3CC[C@]12C. The molecule has 0 heterocycles. The fraction of sp³-hybridized carbons (Fsp3) is 0.680. The first-order chi connectivity index (χ1) is 13.6. The van der Waals surface area contributed by atoms with Crippen LogP contribution in [0, 0.1) is 28.6 Å². The van der Waals surface area contributed by atoms with Crippen LogP contribution in [0.3, 0.4) is 0 Å². The van der Waals surface area contributed by atoms with Crippen molar-refractivity contribution in [3.05, 3.63) is 35.6 Å². The monoisotopic (exact) mass is 398 g/mol. The molecule has 2 saturated carbocycles. The Morgan fingerprint density at radius 1 is 1.00 bits per heavy atom. The number of hydrogen-bond acceptors (Lipinski definition) is 4. The number of carbonyl (C=O) groups excluding carboxylic acids is 2. The lowest BCUT2D eigenvalue weighted by Crippen LogP contribution is -2.50. The van der Waals surface area contributed by atoms with Crippen LogP contribution in [0.2, 0.25) is 0 Å². The Morgan fingerprint density at radius 3 is 2.41 bits per heavy atom. The lowest BCUT2D eigenvalue weighted by Gasteiger charge is -2.57. The van der Waals surface area contributed by atoms with Crippen molar-refractivity contribution in [1.82, 2.24) is 0 Å². The summed E-state index contributed by atoms with van der Waals surface area (Å²) in [6, 6.07) is 0. The van der Waals surface area contributed by atoms with Gasteiger partial charge in [-0.05, 0) is 72.7 Å². The molecule has 0 aromatic heterocycles. The molecule has 0 spiro atoms. The predicted octanol–water partition coefficient (Wildman–Crippen LogP) is 5.49. The van der Waals surface area contributed by atoms with Gasteiger partial charge in [-0.15, -0.1) is 0 Å². The molecule has 0 radical (unpaired) electrons. The van der Waals surface area contributed by atoms with Crippen molar-refractivity contribution in [3.8, 4) is 0 Å². The van der Waals surface area contributed by atoms with Gasteiger partial charge in [0, 0.05) is 20.3 Å². The van der Waals surface area contributed by atoms with Crippen LogP contribution in [0.1, 0.15) is 72.6 Å². The summed E-state index contributed by atoms with van der Waals surface area (Å²) in [6.45, 7) is 11.8. The number of fused-ring (bicyclic) bond motifs is 5. The molecule has 0 aromatic carbocycles. The zero-order valence-corrected chi connectivity index (χ0v) is 18.3. The minimum absolute atomic E-state index is 0.0454. The summed E-state index contributed by atoms with van der Waals surface area (Å²) in [5, 5.41) is 0. The van der Waals surface area contributed by atoms with E-state index in [1.807, 2.05) is 0 Å². The van der Waals surface area contributed by atoms with E-state index < -0.39 is 0 Å². The Morgan fingerprint density at radius 2 is 1.72 bits per heavy atom. The maximum absolute atomic E-state index is 11.4. The third kappa shape index (κ3) is 3.29. The summed E-state index contributed by atoms with van der Waals surface area (Å²) < 4.78 is 10.9. The maximum atomic E-state index is 11.4. The van der Waals surface area contributed by atoms with E-state index in [0.29, 0.717) is 23.5 Å². The average Bonchev–Trinajstić information content (AvgIpc) is 2.98. The van der Waals surface area contributed by atoms with Crippen LogP contribution >= 0.6 is 0 Å². The van der Waals surface area contributed by atoms with E-state index in [0.717, 1.165) is 44.1 Å². The minimum atomic E-state index is -0.293. The highest BCUT2D eigenvalue weighted by Crippen LogP contribution is 2.65. The van der Waals surface area contributed by atoms with Gasteiger partial charge in [0.1, 0.15) is 11.9 Å². The van der Waals surface area contributed by atoms with E-state index in [-0.39, 0.29) is 28.9 Å². The second-order valence-corrected chi connectivity index (χ2v) is 10.1. The average molecular weight is 399 g/mol. The van der Waals surface area contributed by atoms with E-state index in [1.54, 1.807) is 0 Å². The van der Waals surface area contributed by atoms with Crippen LogP contribution < -0.4 is 0 Å². The fourth-order valence-electron chi connectivity index (χ4n) is 7.19. The molecule has 0 saturated heterocycles. The normalized spacial score (nSPS) is 40.6. The lowest BCUT2D eigenvalue weighted by atomic mass is 9.47. The van der Waals surface area contributed by atoms with E-state index in [9.17, 15) is 9.59 Å². The van der Waals surface area contributed by atoms with Crippen LogP contribution in [-0.2, 0) is 19.1 Å². The van der Waals surface area contributed by atoms with Gasteiger partial charge in [-0.2, -0.15) is 0 Å². The summed E-state index contributed by atoms with van der Waals surface area (Å²) >= 11 is 0. The predicted molar refractivity (Wildman–Crippen MR) is 112 cm³/mol. The highest BCUT2D eigenvalue weighted by Gasteiger charge is 2.57. The molecule has 0 aromatic rings. The Labute approximate surface area is 174 Å². The molecule has 4 heteroatoms. The van der Waals surface area contributed by atoms with Gasteiger partial charge < -0.3 is 9.47 Å². The van der Waals surface area contributed by atoms with Crippen molar-refractivity contribution in [2.24, 2.45) is 28.6 Å². The summed E-state index contributed by atoms with van der Waals surface area (Å²) in [5.41, 5.74) is 2.92. The molecule has 29 heavy (non-hydrogen) atoms. The van der Waals surface area contributed by atoms with Crippen LogP contribution in [-0.4, -0.2) is 18.0 Å². The van der Waals surface area contributed by atoms with Gasteiger partial charge in [-0.3, -0.25) is 9.59 Å². The Kier molecular flexibility index (Phi) is 5.03. The highest BCUT2D eigenvalue weighted by molar-refractivity contribution is 5.68. The molecule has 0 amide bonds. The molecule has 4 rings (SSSR count). The first-order valence-electron chi connectivity index (χ1n) is 11.1. The number of esters is 2. The molecule has 0 N–H and O–H groups in total. The Balaban J connectivity index is 1.55. The van der Waals surface area contributed by atoms with Crippen molar-refractivity contribution in [2.75, 3.05) is 0 Å². The molecule has 6 atom stereocenters. The molecule has 4 aliphatic rings. The molecule has 0 aliphatic heterocycles. The minimum Gasteiger partial charge on any atom is -0.462 e. The first-order valence-corrected chi connectivity index (χ1v) is 11.1. The van der Waals surface area contributed by atoms with Crippen LogP contribution in [0.15, 0.2) is 35.6 Å². The number of carbonyl (C=O) groups is 2. The van der Waals surface area contributed by atoms with Gasteiger partial charge in [-0.25, -0.2) is 0 Å². The molecular weight excluding hydrogens is 364 g/mol. The molecule has 4 nitrogen and oxygen atoms in total. The largest absolute Gasteiger partial charge is 0.462 e. The molecule has 4 aliphatic carbocycles. The zero-order valence-electron chi connectivity index (χ0n) is 18.3. The summed E-state index contributed by atoms with van der Waals surface area (Å²) in [6.07, 6.45) is 12.2. The maximum Gasteiger partial charge on any atom is 0.308 e. The smallest absolute Gasteiger partial charge is 0.308 e. The molecular formula is C25H34O4. The summed E-state index contributed by atoms with van der Waals surface area (Å²) in [5.74, 6) is 1.98. The topological polar surface area (TPSA) is 52.6 Å². The van der Waals surface area contributed by atoms with Crippen LogP contribution in [0.5, 0.6) is 0 Å². The lowest BCUT2D eigenvalue weighted by molar-refractivity contribution is -0.148. The number of ether oxygens (including phenoxy) is 2. The second-order valence-electron chi connectivity index (χ2n) is 10.1. The number of rotatable bonds is 3. The van der Waals surface area contributed by atoms with Gasteiger partial charge in [0.05, 0.1) is 0 Å². The van der Waals surface area contributed by atoms with Gasteiger partial charge in [0.25, 0.3) is 0 Å². The van der Waals surface area contributed by atoms with Crippen molar-refractivity contribution < 1.29 is 19.1 Å². The number of allylic oxidation sites excluding steroid dienone is 3. The van der Waals surface area contributed by atoms with Gasteiger partial charge in [0.2, 0.25) is 0 Å². The number of hydrogen-bond donors (Lipinski definition) is 0. The van der Waals surface area contributed by atoms with Crippen molar-refractivity contribution in [2.45, 2.75) is 78.7 Å². The van der Waals surface area contributed by atoms with Gasteiger partial charge in [0.15, 0.2) is 0 Å². The fourth-order valence-corrected chi connectivity index (χ4v) is 7.19. The molecule has 2 fully saturated rings. The Bertz CT molecular complexity index is 806. The second kappa shape index (κ2) is 7.14. The van der Waals surface area contributed by atoms with Gasteiger partial charge in [-0.1, -0.05) is 38.2 Å². The van der Waals surface area contributed by atoms with Crippen LogP contribution in [0.4, 0.5) is 0 Å². The summed E-state index contributed by atoms with van der Waals surface area (Å²) in [4.78, 5) is 22.9. The molecule has 1 unspecified atom stereocenters. The van der Waals surface area contributed by atoms with Crippen molar-refractivity contribution in [3.63, 3.8) is 0 Å². The first kappa shape index (κ1) is 20.4. The Hall–Kier alpha value is -1.84. The van der Waals surface area contributed by atoms with E-state index in [2.05, 4.69) is 32.6 Å². The zero-order chi connectivity index (χ0) is 21.0. The third-order valence-corrected chi connectivity index (χ3v) is 8.54. The third-order valence-electron chi connectivity index (χ3n) is 8.54. The van der Waals surface area contributed by atoms with Gasteiger partial charge >= 0.3 is 11.9 Å². The quantitative estimate of drug-likeness (QED) is 0.358. The molecule has 158 valence electrons. The van der Waals surface area contributed by atoms with E-state index >= 15 is 0 Å². The highest BCUT2D eigenvalue weighted by atomic mass is 16.5. The van der Waals surface area contributed by atoms with E-state index in [1.165, 1.54) is 25.8 Å². The molecule has 0 bridgehead atoms. The van der Waals surface area contributed by atoms with Crippen molar-refractivity contribution in [1.29, 1.82) is 0 Å². The van der Waals surface area contributed by atoms with Crippen molar-refractivity contribution >= 4 is 11.9 Å². The van der Waals surface area contributed by atoms with E-state index in [4.69, 9.17) is 9.47 Å².